The van der Waals surface area contributed by atoms with E-state index in [1.165, 1.54) is 25.3 Å². The van der Waals surface area contributed by atoms with E-state index in [0.29, 0.717) is 36.3 Å². The lowest BCUT2D eigenvalue weighted by Crippen LogP contribution is -2.40. The first-order valence-corrected chi connectivity index (χ1v) is 8.54. The van der Waals surface area contributed by atoms with Gasteiger partial charge in [-0.25, -0.2) is 9.38 Å². The normalized spacial score (nSPS) is 16.2. The molecule has 0 aromatic heterocycles. The molecule has 0 radical (unpaired) electrons. The third kappa shape index (κ3) is 4.93. The van der Waals surface area contributed by atoms with Crippen LogP contribution in [0.1, 0.15) is 18.9 Å². The average Bonchev–Trinajstić information content (AvgIpc) is 2.64. The predicted molar refractivity (Wildman–Crippen MR) is 107 cm³/mol. The summed E-state index contributed by atoms with van der Waals surface area (Å²) in [6.07, 6.45) is 3.55. The molecule has 27 heavy (non-hydrogen) atoms. The number of halogens is 1. The number of rotatable bonds is 5. The number of allylic oxidation sites excluding steroid dienone is 1. The lowest BCUT2D eigenvalue weighted by Gasteiger charge is -2.29. The van der Waals surface area contributed by atoms with Crippen LogP contribution in [0.25, 0.3) is 5.57 Å². The molecule has 0 aliphatic carbocycles. The second kappa shape index (κ2) is 8.98. The first kappa shape index (κ1) is 20.2. The van der Waals surface area contributed by atoms with Crippen LogP contribution in [-0.4, -0.2) is 50.0 Å². The highest BCUT2D eigenvalue weighted by Crippen LogP contribution is 2.23. The van der Waals surface area contributed by atoms with Crippen LogP contribution >= 0.6 is 0 Å². The van der Waals surface area contributed by atoms with Gasteiger partial charge in [0.05, 0.1) is 12.2 Å². The number of carbonyl (C=O) groups excluding carboxylic acids is 1. The summed E-state index contributed by atoms with van der Waals surface area (Å²) in [6.45, 7) is 2.50. The maximum absolute atomic E-state index is 14.1. The Morgan fingerprint density at radius 2 is 2.11 bits per heavy atom. The van der Waals surface area contributed by atoms with Crippen LogP contribution in [0.5, 0.6) is 0 Å². The second-order valence-electron chi connectivity index (χ2n) is 6.10. The van der Waals surface area contributed by atoms with Crippen LogP contribution in [0.3, 0.4) is 0 Å². The van der Waals surface area contributed by atoms with Crippen LogP contribution in [0, 0.1) is 5.82 Å². The van der Waals surface area contributed by atoms with Crippen molar-refractivity contribution < 1.29 is 9.18 Å². The van der Waals surface area contributed by atoms with Crippen molar-refractivity contribution in [3.8, 4) is 0 Å². The van der Waals surface area contributed by atoms with Crippen LogP contribution in [-0.2, 0) is 4.79 Å². The van der Waals surface area contributed by atoms with E-state index in [4.69, 9.17) is 11.5 Å². The Labute approximate surface area is 158 Å². The first-order valence-electron chi connectivity index (χ1n) is 8.54. The number of carbonyl (C=O) groups is 1. The van der Waals surface area contributed by atoms with Gasteiger partial charge in [0.25, 0.3) is 0 Å². The smallest absolute Gasteiger partial charge is 0.219 e. The van der Waals surface area contributed by atoms with Crippen molar-refractivity contribution >= 4 is 29.2 Å². The van der Waals surface area contributed by atoms with Crippen LogP contribution in [0.4, 0.5) is 10.1 Å². The van der Waals surface area contributed by atoms with Crippen LogP contribution < -0.4 is 16.8 Å². The molecular formula is C19H25FN6O. The quantitative estimate of drug-likeness (QED) is 0.538. The number of nitrogens with two attached hydrogens (primary N) is 2. The first-order chi connectivity index (χ1) is 12.9. The Balaban J connectivity index is 2.43. The van der Waals surface area contributed by atoms with E-state index >= 15 is 0 Å². The standard InChI is InChI=1S/C19H25FN6O/c1-12(27)26-5-4-18(24-3)17(11-26)19(22)25-16-7-13(6-15(20)8-16)14(9-21)10-23-2/h6-10,24H,4-5,11,21H2,1-3H3,(H2,22,25). The second-order valence-corrected chi connectivity index (χ2v) is 6.10. The maximum Gasteiger partial charge on any atom is 0.219 e. The fourth-order valence-electron chi connectivity index (χ4n) is 2.91. The van der Waals surface area contributed by atoms with Crippen LogP contribution in [0.2, 0.25) is 0 Å². The van der Waals surface area contributed by atoms with Gasteiger partial charge in [-0.1, -0.05) is 0 Å². The highest BCUT2D eigenvalue weighted by Gasteiger charge is 2.22. The number of hydrogen-bond acceptors (Lipinski definition) is 5. The summed E-state index contributed by atoms with van der Waals surface area (Å²) in [5, 5.41) is 3.11. The SMILES string of the molecule is CN=CC(=CN)c1cc(F)cc(N=C(N)C2=C(NC)CCN(C(C)=O)C2)c1. The summed E-state index contributed by atoms with van der Waals surface area (Å²) < 4.78 is 14.1. The molecule has 1 aromatic rings. The average molecular weight is 372 g/mol. The Bertz CT molecular complexity index is 841. The number of hydrogen-bond donors (Lipinski definition) is 3. The zero-order chi connectivity index (χ0) is 20.0. The number of aliphatic imine (C=N–C) groups is 2. The molecule has 1 aliphatic heterocycles. The minimum absolute atomic E-state index is 0.0277. The Hall–Kier alpha value is -3.16. The van der Waals surface area contributed by atoms with Crippen molar-refractivity contribution in [3.05, 3.63) is 47.0 Å². The van der Waals surface area contributed by atoms with E-state index in [1.54, 1.807) is 31.3 Å². The predicted octanol–water partition coefficient (Wildman–Crippen LogP) is 1.54. The van der Waals surface area contributed by atoms with Gasteiger partial charge < -0.3 is 21.7 Å². The lowest BCUT2D eigenvalue weighted by molar-refractivity contribution is -0.128. The molecule has 1 heterocycles. The minimum atomic E-state index is -0.459. The van der Waals surface area contributed by atoms with Gasteiger partial charge >= 0.3 is 0 Å². The van der Waals surface area contributed by atoms with Crippen molar-refractivity contribution in [1.82, 2.24) is 10.2 Å². The van der Waals surface area contributed by atoms with Crippen molar-refractivity contribution in [3.63, 3.8) is 0 Å². The summed E-state index contributed by atoms with van der Waals surface area (Å²) in [7, 11) is 3.41. The van der Waals surface area contributed by atoms with Crippen LogP contribution in [0.15, 0.2) is 45.7 Å². The summed E-state index contributed by atoms with van der Waals surface area (Å²) in [5.74, 6) is -0.246. The third-order valence-electron chi connectivity index (χ3n) is 4.31. The highest BCUT2D eigenvalue weighted by molar-refractivity contribution is 6.10. The number of benzene rings is 1. The molecule has 5 N–H and O–H groups in total. The number of amidine groups is 1. The number of amides is 1. The number of nitrogens with one attached hydrogen (secondary N) is 1. The van der Waals surface area contributed by atoms with Crippen molar-refractivity contribution in [2.75, 3.05) is 27.2 Å². The number of nitrogens with zero attached hydrogens (tertiary/aromatic N) is 3. The van der Waals surface area contributed by atoms with E-state index in [1.807, 2.05) is 0 Å². The lowest BCUT2D eigenvalue weighted by atomic mass is 10.0. The monoisotopic (exact) mass is 372 g/mol. The Morgan fingerprint density at radius 3 is 2.70 bits per heavy atom. The zero-order valence-corrected chi connectivity index (χ0v) is 15.8. The molecule has 0 spiro atoms. The van der Waals surface area contributed by atoms with E-state index in [0.717, 1.165) is 11.3 Å². The molecule has 8 heteroatoms. The van der Waals surface area contributed by atoms with Gasteiger partial charge in [-0.15, -0.1) is 0 Å². The Kier molecular flexibility index (Phi) is 6.70. The maximum atomic E-state index is 14.1. The van der Waals surface area contributed by atoms with E-state index in [2.05, 4.69) is 15.3 Å². The minimum Gasteiger partial charge on any atom is -0.404 e. The molecule has 1 amide bonds. The van der Waals surface area contributed by atoms with E-state index < -0.39 is 5.82 Å². The van der Waals surface area contributed by atoms with Crippen molar-refractivity contribution in [2.24, 2.45) is 21.5 Å². The molecule has 0 bridgehead atoms. The summed E-state index contributed by atoms with van der Waals surface area (Å²) in [6, 6.07) is 4.33. The molecule has 1 aromatic carbocycles. The molecule has 1 aliphatic rings. The summed E-state index contributed by atoms with van der Waals surface area (Å²) >= 11 is 0. The van der Waals surface area contributed by atoms with E-state index in [9.17, 15) is 9.18 Å². The molecule has 0 fully saturated rings. The van der Waals surface area contributed by atoms with Gasteiger partial charge in [0, 0.05) is 63.2 Å². The summed E-state index contributed by atoms with van der Waals surface area (Å²) in [4.78, 5) is 21.7. The Morgan fingerprint density at radius 1 is 1.37 bits per heavy atom. The molecular weight excluding hydrogens is 347 g/mol. The van der Waals surface area contributed by atoms with Crippen molar-refractivity contribution in [2.45, 2.75) is 13.3 Å². The summed E-state index contributed by atoms with van der Waals surface area (Å²) in [5.41, 5.74) is 14.9. The largest absolute Gasteiger partial charge is 0.404 e. The van der Waals surface area contributed by atoms with Gasteiger partial charge in [-0.2, -0.15) is 0 Å². The molecule has 0 atom stereocenters. The van der Waals surface area contributed by atoms with Gasteiger partial charge in [-0.3, -0.25) is 9.79 Å². The van der Waals surface area contributed by atoms with Gasteiger partial charge in [-0.05, 0) is 23.8 Å². The highest BCUT2D eigenvalue weighted by atomic mass is 19.1. The molecule has 7 nitrogen and oxygen atoms in total. The molecule has 2 rings (SSSR count). The zero-order valence-electron chi connectivity index (χ0n) is 15.8. The van der Waals surface area contributed by atoms with Gasteiger partial charge in [0.2, 0.25) is 5.91 Å². The van der Waals surface area contributed by atoms with Gasteiger partial charge in [0.15, 0.2) is 0 Å². The molecule has 144 valence electrons. The van der Waals surface area contributed by atoms with E-state index in [-0.39, 0.29) is 11.7 Å². The van der Waals surface area contributed by atoms with Crippen molar-refractivity contribution in [1.29, 1.82) is 0 Å². The van der Waals surface area contributed by atoms with Gasteiger partial charge in [0.1, 0.15) is 11.7 Å². The fourth-order valence-corrected chi connectivity index (χ4v) is 2.91. The third-order valence-corrected chi connectivity index (χ3v) is 4.31. The molecule has 0 unspecified atom stereocenters. The molecule has 0 saturated heterocycles. The molecule has 0 saturated carbocycles. The fraction of sp³-hybridized carbons (Fsp3) is 0.316. The topological polar surface area (TPSA) is 109 Å².